The van der Waals surface area contributed by atoms with E-state index in [0.29, 0.717) is 17.3 Å². The van der Waals surface area contributed by atoms with Crippen LogP contribution in [0.25, 0.3) is 10.7 Å². The third kappa shape index (κ3) is 4.41. The molecule has 1 atom stereocenters. The van der Waals surface area contributed by atoms with Crippen molar-refractivity contribution in [1.29, 1.82) is 0 Å². The highest BCUT2D eigenvalue weighted by molar-refractivity contribution is 7.16. The van der Waals surface area contributed by atoms with Gasteiger partial charge in [-0.05, 0) is 37.8 Å². The van der Waals surface area contributed by atoms with Crippen LogP contribution in [0.1, 0.15) is 29.4 Å². The highest BCUT2D eigenvalue weighted by Gasteiger charge is 2.41. The molecular weight excluding hydrogens is 355 g/mol. The monoisotopic (exact) mass is 374 g/mol. The second-order valence-electron chi connectivity index (χ2n) is 5.59. The summed E-state index contributed by atoms with van der Waals surface area (Å²) in [6.07, 6.45) is 5.59. The number of carbonyl (C=O) groups excluding carboxylic acids is 1. The van der Waals surface area contributed by atoms with Crippen molar-refractivity contribution >= 4 is 42.1 Å². The van der Waals surface area contributed by atoms with Crippen molar-refractivity contribution in [2.75, 3.05) is 6.54 Å². The molecule has 1 unspecified atom stereocenters. The number of hydrogen-bond donors (Lipinski definition) is 2. The van der Waals surface area contributed by atoms with E-state index in [2.05, 4.69) is 15.3 Å². The lowest BCUT2D eigenvalue weighted by atomic mass is 9.96. The zero-order valence-corrected chi connectivity index (χ0v) is 15.1. The molecule has 8 heteroatoms. The van der Waals surface area contributed by atoms with Crippen molar-refractivity contribution in [3.05, 3.63) is 35.5 Å². The van der Waals surface area contributed by atoms with Crippen LogP contribution in [0.5, 0.6) is 0 Å². The van der Waals surface area contributed by atoms with Crippen LogP contribution < -0.4 is 11.1 Å². The first-order valence-corrected chi connectivity index (χ1v) is 7.84. The van der Waals surface area contributed by atoms with Gasteiger partial charge in [-0.2, -0.15) is 0 Å². The molecule has 5 nitrogen and oxygen atoms in total. The number of nitrogens with one attached hydrogen (secondary N) is 1. The van der Waals surface area contributed by atoms with E-state index in [1.165, 1.54) is 11.3 Å². The van der Waals surface area contributed by atoms with Crippen molar-refractivity contribution in [3.8, 4) is 10.7 Å². The van der Waals surface area contributed by atoms with Crippen molar-refractivity contribution in [1.82, 2.24) is 15.3 Å². The van der Waals surface area contributed by atoms with Gasteiger partial charge in [0.15, 0.2) is 0 Å². The van der Waals surface area contributed by atoms with Crippen molar-refractivity contribution in [3.63, 3.8) is 0 Å². The first kappa shape index (κ1) is 19.8. The highest BCUT2D eigenvalue weighted by atomic mass is 35.5. The number of hydrogen-bond acceptors (Lipinski definition) is 5. The van der Waals surface area contributed by atoms with E-state index in [1.54, 1.807) is 12.4 Å². The standard InChI is InChI=1S/C15H18N4OS.2ClH/c1-15(9-16,10-5-6-10)19-13(20)12-8-18-14(21-12)11-4-2-3-7-17-11;;/h2-4,7-8,10H,5-6,9,16H2,1H3,(H,19,20);2*1H. The lowest BCUT2D eigenvalue weighted by molar-refractivity contribution is 0.0902. The Labute approximate surface area is 151 Å². The van der Waals surface area contributed by atoms with Crippen LogP contribution >= 0.6 is 36.2 Å². The van der Waals surface area contributed by atoms with Crippen molar-refractivity contribution in [2.45, 2.75) is 25.3 Å². The van der Waals surface area contributed by atoms with Gasteiger partial charge in [-0.1, -0.05) is 6.07 Å². The van der Waals surface area contributed by atoms with Crippen LogP contribution in [-0.2, 0) is 0 Å². The number of aromatic nitrogens is 2. The zero-order valence-electron chi connectivity index (χ0n) is 12.7. The molecule has 126 valence electrons. The van der Waals surface area contributed by atoms with E-state index in [4.69, 9.17) is 5.73 Å². The Balaban J connectivity index is 0.00000132. The van der Waals surface area contributed by atoms with Gasteiger partial charge >= 0.3 is 0 Å². The average molecular weight is 375 g/mol. The van der Waals surface area contributed by atoms with Gasteiger partial charge in [0.2, 0.25) is 0 Å². The molecule has 0 bridgehead atoms. The Morgan fingerprint density at radius 3 is 2.70 bits per heavy atom. The van der Waals surface area contributed by atoms with E-state index in [1.807, 2.05) is 25.1 Å². The molecule has 0 radical (unpaired) electrons. The fourth-order valence-electron chi connectivity index (χ4n) is 2.35. The van der Waals surface area contributed by atoms with Crippen LogP contribution in [0, 0.1) is 5.92 Å². The number of thiazole rings is 1. The largest absolute Gasteiger partial charge is 0.345 e. The summed E-state index contributed by atoms with van der Waals surface area (Å²) in [6.45, 7) is 2.47. The topological polar surface area (TPSA) is 80.9 Å². The van der Waals surface area contributed by atoms with Crippen LogP contribution in [0.2, 0.25) is 0 Å². The molecular formula is C15H20Cl2N4OS. The molecule has 2 aromatic heterocycles. The fourth-order valence-corrected chi connectivity index (χ4v) is 3.14. The molecule has 1 aliphatic carbocycles. The molecule has 2 aromatic rings. The van der Waals surface area contributed by atoms with Gasteiger partial charge in [-0.3, -0.25) is 9.78 Å². The summed E-state index contributed by atoms with van der Waals surface area (Å²) in [7, 11) is 0. The second-order valence-corrected chi connectivity index (χ2v) is 6.63. The van der Waals surface area contributed by atoms with Gasteiger partial charge in [0, 0.05) is 12.7 Å². The first-order chi connectivity index (χ1) is 10.1. The van der Waals surface area contributed by atoms with Crippen LogP contribution in [0.4, 0.5) is 0 Å². The Kier molecular flexibility index (Phi) is 6.95. The summed E-state index contributed by atoms with van der Waals surface area (Å²) in [5, 5.41) is 3.82. The van der Waals surface area contributed by atoms with E-state index in [0.717, 1.165) is 23.5 Å². The summed E-state index contributed by atoms with van der Waals surface area (Å²) in [5.74, 6) is 0.393. The number of pyridine rings is 1. The zero-order chi connectivity index (χ0) is 14.9. The lowest BCUT2D eigenvalue weighted by Gasteiger charge is -2.29. The Morgan fingerprint density at radius 1 is 1.39 bits per heavy atom. The quantitative estimate of drug-likeness (QED) is 0.842. The van der Waals surface area contributed by atoms with Gasteiger partial charge in [0.25, 0.3) is 5.91 Å². The summed E-state index contributed by atoms with van der Waals surface area (Å²) in [5.41, 5.74) is 6.30. The summed E-state index contributed by atoms with van der Waals surface area (Å²) >= 11 is 1.35. The molecule has 3 N–H and O–H groups in total. The molecule has 0 aliphatic heterocycles. The predicted molar refractivity (Wildman–Crippen MR) is 97.5 cm³/mol. The van der Waals surface area contributed by atoms with Crippen molar-refractivity contribution in [2.24, 2.45) is 11.7 Å². The van der Waals surface area contributed by atoms with E-state index in [9.17, 15) is 4.79 Å². The maximum absolute atomic E-state index is 12.4. The molecule has 23 heavy (non-hydrogen) atoms. The second kappa shape index (κ2) is 8.06. The van der Waals surface area contributed by atoms with Gasteiger partial charge in [0.05, 0.1) is 17.4 Å². The van der Waals surface area contributed by atoms with Crippen LogP contribution in [-0.4, -0.2) is 28.0 Å². The number of nitrogens with two attached hydrogens (primary N) is 1. The lowest BCUT2D eigenvalue weighted by Crippen LogP contribution is -2.53. The minimum absolute atomic E-state index is 0. The van der Waals surface area contributed by atoms with Crippen molar-refractivity contribution < 1.29 is 4.79 Å². The smallest absolute Gasteiger partial charge is 0.263 e. The molecule has 2 heterocycles. The van der Waals surface area contributed by atoms with E-state index >= 15 is 0 Å². The highest BCUT2D eigenvalue weighted by Crippen LogP contribution is 2.39. The minimum Gasteiger partial charge on any atom is -0.345 e. The molecule has 3 rings (SSSR count). The normalized spacial score (nSPS) is 15.7. The first-order valence-electron chi connectivity index (χ1n) is 7.02. The number of nitrogens with zero attached hydrogens (tertiary/aromatic N) is 2. The molecule has 1 saturated carbocycles. The van der Waals surface area contributed by atoms with Gasteiger partial charge in [-0.25, -0.2) is 4.98 Å². The maximum Gasteiger partial charge on any atom is 0.263 e. The van der Waals surface area contributed by atoms with Gasteiger partial charge in [-0.15, -0.1) is 36.2 Å². The van der Waals surface area contributed by atoms with Crippen LogP contribution in [0.15, 0.2) is 30.6 Å². The predicted octanol–water partition coefficient (Wildman–Crippen LogP) is 2.91. The molecule has 1 aliphatic rings. The third-order valence-corrected chi connectivity index (χ3v) is 4.93. The maximum atomic E-state index is 12.4. The van der Waals surface area contributed by atoms with E-state index in [-0.39, 0.29) is 36.3 Å². The SMILES string of the molecule is CC(CN)(NC(=O)c1cnc(-c2ccccn2)s1)C1CC1.Cl.Cl. The summed E-state index contributed by atoms with van der Waals surface area (Å²) in [6, 6.07) is 5.64. The van der Waals surface area contributed by atoms with Gasteiger partial charge in [0.1, 0.15) is 9.88 Å². The van der Waals surface area contributed by atoms with E-state index < -0.39 is 0 Å². The molecule has 0 spiro atoms. The van der Waals surface area contributed by atoms with Crippen LogP contribution in [0.3, 0.4) is 0 Å². The number of rotatable bonds is 5. The molecule has 0 saturated heterocycles. The molecule has 1 amide bonds. The Hall–Kier alpha value is -1.21. The molecule has 0 aromatic carbocycles. The number of halogens is 2. The third-order valence-electron chi connectivity index (χ3n) is 3.92. The number of carbonyl (C=O) groups is 1. The minimum atomic E-state index is -0.313. The molecule has 1 fully saturated rings. The Bertz CT molecular complexity index is 648. The average Bonchev–Trinajstić information content (AvgIpc) is 3.26. The fraction of sp³-hybridized carbons (Fsp3) is 0.400. The summed E-state index contributed by atoms with van der Waals surface area (Å²) in [4.78, 5) is 21.5. The van der Waals surface area contributed by atoms with Gasteiger partial charge < -0.3 is 11.1 Å². The Morgan fingerprint density at radius 2 is 2.13 bits per heavy atom. The number of amides is 1. The summed E-state index contributed by atoms with van der Waals surface area (Å²) < 4.78 is 0.